The fourth-order valence-electron chi connectivity index (χ4n) is 7.48. The zero-order valence-electron chi connectivity index (χ0n) is 29.4. The molecule has 9 aromatic rings. The van der Waals surface area contributed by atoms with E-state index < -0.39 is 0 Å². The zero-order valence-corrected chi connectivity index (χ0v) is 29.4. The second-order valence-electron chi connectivity index (χ2n) is 13.3. The number of nitrogens with one attached hydrogen (secondary N) is 2. The third-order valence-electron chi connectivity index (χ3n) is 10.1. The molecule has 2 N–H and O–H groups in total. The van der Waals surface area contributed by atoms with Crippen molar-refractivity contribution in [2.45, 2.75) is 0 Å². The van der Waals surface area contributed by atoms with Gasteiger partial charge in [-0.1, -0.05) is 152 Å². The standard InChI is InChI=1S/C50H35N3O/c51-49(36-17-5-2-6-18-36)54-50(52)37-29-27-35(28-30-37)39-19-7-9-22-42(39)43-23-10-8-20-40(43)38-31-32-48-45(33-38)44-24-12-14-26-47(44)53(48)46-25-13-11-21-41(46)34-15-3-1-4-16-34/h1-33,51-52H. The van der Waals surface area contributed by atoms with E-state index in [4.69, 9.17) is 15.6 Å². The second kappa shape index (κ2) is 14.0. The lowest BCUT2D eigenvalue weighted by molar-refractivity contribution is 0.538. The summed E-state index contributed by atoms with van der Waals surface area (Å²) in [5, 5.41) is 19.2. The van der Waals surface area contributed by atoms with E-state index in [0.29, 0.717) is 11.1 Å². The number of hydrogen-bond donors (Lipinski definition) is 2. The molecule has 0 saturated heterocycles. The third kappa shape index (κ3) is 5.96. The molecule has 0 spiro atoms. The summed E-state index contributed by atoms with van der Waals surface area (Å²) in [6.07, 6.45) is 0. The summed E-state index contributed by atoms with van der Waals surface area (Å²) in [5.74, 6) is -0.110. The first-order valence-electron chi connectivity index (χ1n) is 18.0. The minimum atomic E-state index is -0.0608. The fourth-order valence-corrected chi connectivity index (χ4v) is 7.48. The number of fused-ring (bicyclic) bond motifs is 3. The van der Waals surface area contributed by atoms with Crippen LogP contribution in [-0.4, -0.2) is 16.4 Å². The van der Waals surface area contributed by atoms with Crippen LogP contribution in [0.3, 0.4) is 0 Å². The van der Waals surface area contributed by atoms with Crippen molar-refractivity contribution >= 4 is 33.6 Å². The molecule has 0 atom stereocenters. The van der Waals surface area contributed by atoms with E-state index in [1.165, 1.54) is 27.4 Å². The molecule has 0 radical (unpaired) electrons. The highest BCUT2D eigenvalue weighted by Crippen LogP contribution is 2.41. The van der Waals surface area contributed by atoms with Gasteiger partial charge >= 0.3 is 0 Å². The van der Waals surface area contributed by atoms with Crippen molar-refractivity contribution in [2.24, 2.45) is 0 Å². The smallest absolute Gasteiger partial charge is 0.221 e. The highest BCUT2D eigenvalue weighted by Gasteiger charge is 2.18. The van der Waals surface area contributed by atoms with Gasteiger partial charge in [-0.15, -0.1) is 0 Å². The minimum Gasteiger partial charge on any atom is -0.421 e. The van der Waals surface area contributed by atoms with Crippen LogP contribution >= 0.6 is 0 Å². The Balaban J connectivity index is 1.10. The summed E-state index contributed by atoms with van der Waals surface area (Å²) in [5.41, 5.74) is 13.8. The highest BCUT2D eigenvalue weighted by atomic mass is 16.5. The SMILES string of the molecule is N=C(OC(=N)c1ccc(-c2ccccc2-c2ccccc2-c2ccc3c(c2)c2ccccc2n3-c2ccccc2-c2ccccc2)cc1)c1ccccc1. The first kappa shape index (κ1) is 32.6. The molecule has 54 heavy (non-hydrogen) atoms. The number of rotatable bonds is 7. The van der Waals surface area contributed by atoms with Crippen LogP contribution in [0.15, 0.2) is 200 Å². The highest BCUT2D eigenvalue weighted by molar-refractivity contribution is 6.11. The molecule has 0 aliphatic heterocycles. The van der Waals surface area contributed by atoms with Crippen molar-refractivity contribution in [1.82, 2.24) is 4.57 Å². The van der Waals surface area contributed by atoms with Crippen molar-refractivity contribution < 1.29 is 4.74 Å². The van der Waals surface area contributed by atoms with Crippen LogP contribution in [0.2, 0.25) is 0 Å². The van der Waals surface area contributed by atoms with Crippen molar-refractivity contribution in [3.8, 4) is 50.2 Å². The van der Waals surface area contributed by atoms with Gasteiger partial charge in [0.05, 0.1) is 16.7 Å². The van der Waals surface area contributed by atoms with Crippen molar-refractivity contribution in [3.05, 3.63) is 211 Å². The predicted molar refractivity (Wildman–Crippen MR) is 224 cm³/mol. The number of ether oxygens (including phenoxy) is 1. The summed E-state index contributed by atoms with van der Waals surface area (Å²) in [6.45, 7) is 0. The van der Waals surface area contributed by atoms with Gasteiger partial charge < -0.3 is 9.30 Å². The Morgan fingerprint density at radius 1 is 0.352 bits per heavy atom. The first-order valence-corrected chi connectivity index (χ1v) is 18.0. The molecule has 1 aromatic heterocycles. The summed E-state index contributed by atoms with van der Waals surface area (Å²) in [4.78, 5) is 0. The van der Waals surface area contributed by atoms with Crippen LogP contribution in [0.5, 0.6) is 0 Å². The molecule has 0 saturated carbocycles. The molecule has 0 fully saturated rings. The lowest BCUT2D eigenvalue weighted by Gasteiger charge is -2.16. The van der Waals surface area contributed by atoms with Crippen molar-refractivity contribution in [3.63, 3.8) is 0 Å². The quantitative estimate of drug-likeness (QED) is 0.127. The largest absolute Gasteiger partial charge is 0.421 e. The lowest BCUT2D eigenvalue weighted by Crippen LogP contribution is -2.12. The Hall–Kier alpha value is -7.30. The van der Waals surface area contributed by atoms with E-state index in [9.17, 15) is 0 Å². The minimum absolute atomic E-state index is 0.0496. The molecule has 0 bridgehead atoms. The monoisotopic (exact) mass is 693 g/mol. The van der Waals surface area contributed by atoms with E-state index in [-0.39, 0.29) is 11.8 Å². The summed E-state index contributed by atoms with van der Waals surface area (Å²) < 4.78 is 8.00. The Kier molecular flexibility index (Phi) is 8.46. The Morgan fingerprint density at radius 3 is 1.50 bits per heavy atom. The number of nitrogens with zero attached hydrogens (tertiary/aromatic N) is 1. The topological polar surface area (TPSA) is 61.9 Å². The predicted octanol–water partition coefficient (Wildman–Crippen LogP) is 12.8. The van der Waals surface area contributed by atoms with E-state index in [1.54, 1.807) is 12.1 Å². The maximum Gasteiger partial charge on any atom is 0.221 e. The normalized spacial score (nSPS) is 11.1. The molecule has 0 unspecified atom stereocenters. The maximum atomic E-state index is 8.53. The Bertz CT molecular complexity index is 2820. The van der Waals surface area contributed by atoms with Gasteiger partial charge in [-0.2, -0.15) is 0 Å². The number of para-hydroxylation sites is 2. The lowest BCUT2D eigenvalue weighted by atomic mass is 9.89. The van der Waals surface area contributed by atoms with Crippen LogP contribution < -0.4 is 0 Å². The average molecular weight is 694 g/mol. The van der Waals surface area contributed by atoms with Crippen molar-refractivity contribution in [2.75, 3.05) is 0 Å². The number of benzene rings is 8. The van der Waals surface area contributed by atoms with Gasteiger partial charge in [0.2, 0.25) is 11.8 Å². The molecule has 1 heterocycles. The average Bonchev–Trinajstić information content (AvgIpc) is 3.58. The second-order valence-corrected chi connectivity index (χ2v) is 13.3. The molecule has 8 aromatic carbocycles. The van der Waals surface area contributed by atoms with Gasteiger partial charge in [-0.05, 0) is 87.5 Å². The summed E-state index contributed by atoms with van der Waals surface area (Å²) >= 11 is 0. The summed E-state index contributed by atoms with van der Waals surface area (Å²) in [7, 11) is 0. The molecule has 0 aliphatic carbocycles. The van der Waals surface area contributed by atoms with Crippen molar-refractivity contribution in [1.29, 1.82) is 10.8 Å². The van der Waals surface area contributed by atoms with Crippen LogP contribution in [0.1, 0.15) is 11.1 Å². The van der Waals surface area contributed by atoms with E-state index >= 15 is 0 Å². The van der Waals surface area contributed by atoms with Crippen LogP contribution in [0.4, 0.5) is 0 Å². The van der Waals surface area contributed by atoms with Gasteiger partial charge in [-0.25, -0.2) is 0 Å². The molecule has 0 aliphatic rings. The number of aromatic nitrogens is 1. The van der Waals surface area contributed by atoms with Crippen LogP contribution in [0.25, 0.3) is 72.0 Å². The Morgan fingerprint density at radius 2 is 0.815 bits per heavy atom. The third-order valence-corrected chi connectivity index (χ3v) is 10.1. The molecule has 4 nitrogen and oxygen atoms in total. The van der Waals surface area contributed by atoms with Gasteiger partial charge in [-0.3, -0.25) is 10.8 Å². The van der Waals surface area contributed by atoms with E-state index in [1.807, 2.05) is 42.5 Å². The molecule has 256 valence electrons. The van der Waals surface area contributed by atoms with Crippen LogP contribution in [0, 0.1) is 10.8 Å². The first-order chi connectivity index (χ1) is 26.6. The zero-order chi connectivity index (χ0) is 36.4. The summed E-state index contributed by atoms with van der Waals surface area (Å²) in [6, 6.07) is 68.9. The van der Waals surface area contributed by atoms with Gasteiger partial charge in [0.1, 0.15) is 0 Å². The molecular formula is C50H35N3O. The van der Waals surface area contributed by atoms with E-state index in [0.717, 1.165) is 44.6 Å². The van der Waals surface area contributed by atoms with E-state index in [2.05, 4.69) is 150 Å². The molecule has 4 heteroatoms. The number of hydrogen-bond acceptors (Lipinski definition) is 3. The molecule has 0 amide bonds. The molecule has 9 rings (SSSR count). The van der Waals surface area contributed by atoms with Crippen LogP contribution in [-0.2, 0) is 4.74 Å². The van der Waals surface area contributed by atoms with Gasteiger partial charge in [0.15, 0.2) is 0 Å². The van der Waals surface area contributed by atoms with Gasteiger partial charge in [0, 0.05) is 27.5 Å². The molecular weight excluding hydrogens is 659 g/mol. The maximum absolute atomic E-state index is 8.53. The van der Waals surface area contributed by atoms with Gasteiger partial charge in [0.25, 0.3) is 0 Å². The fraction of sp³-hybridized carbons (Fsp3) is 0. The Labute approximate surface area is 314 Å².